The summed E-state index contributed by atoms with van der Waals surface area (Å²) in [6, 6.07) is 9.01. The van der Waals surface area contributed by atoms with Crippen LogP contribution >= 0.6 is 0 Å². The normalized spacial score (nSPS) is 19.2. The molecule has 1 fully saturated rings. The number of aromatic amines is 2. The lowest BCUT2D eigenvalue weighted by Gasteiger charge is -2.27. The Hall–Kier alpha value is -3.30. The lowest BCUT2D eigenvalue weighted by molar-refractivity contribution is 0.209. The fraction of sp³-hybridized carbons (Fsp3) is 0.385. The lowest BCUT2D eigenvalue weighted by atomic mass is 9.99. The van der Waals surface area contributed by atoms with E-state index in [1.54, 1.807) is 6.92 Å². The number of hydrogen-bond donors (Lipinski definition) is 3. The highest BCUT2D eigenvalue weighted by Crippen LogP contribution is 2.32. The summed E-state index contributed by atoms with van der Waals surface area (Å²) in [7, 11) is 0. The predicted molar refractivity (Wildman–Crippen MR) is 129 cm³/mol. The van der Waals surface area contributed by atoms with Crippen molar-refractivity contribution in [2.24, 2.45) is 5.92 Å². The Morgan fingerprint density at radius 2 is 2.00 bits per heavy atom. The molecular formula is C26H28F2N6O. The van der Waals surface area contributed by atoms with E-state index in [-0.39, 0.29) is 0 Å². The minimum Gasteiger partial charge on any atom is -0.486 e. The van der Waals surface area contributed by atoms with Gasteiger partial charge in [-0.2, -0.15) is 5.10 Å². The molecule has 35 heavy (non-hydrogen) atoms. The van der Waals surface area contributed by atoms with Crippen molar-refractivity contribution in [3.8, 4) is 17.3 Å². The van der Waals surface area contributed by atoms with E-state index in [1.165, 1.54) is 25.0 Å². The summed E-state index contributed by atoms with van der Waals surface area (Å²) in [4.78, 5) is 10.8. The standard InChI is InChI=1S/C26H28F2N6O/c1-15(17-7-18(27)9-19(28)8-17)35-20-4-5-22-21(10-20)25(33-32-22)26-30-23-13-34(14-24(23)31-26)12-16-3-2-6-29-11-16/h4-5,7-10,15-16,29H,2-3,6,11-14H2,1H3,(H,30,31)(H,32,33). The van der Waals surface area contributed by atoms with E-state index in [4.69, 9.17) is 9.72 Å². The van der Waals surface area contributed by atoms with Crippen LogP contribution < -0.4 is 10.1 Å². The fourth-order valence-corrected chi connectivity index (χ4v) is 5.21. The minimum absolute atomic E-state index is 0.436. The molecule has 7 nitrogen and oxygen atoms in total. The van der Waals surface area contributed by atoms with E-state index >= 15 is 0 Å². The molecule has 2 aliphatic rings. The van der Waals surface area contributed by atoms with Gasteiger partial charge in [-0.25, -0.2) is 13.8 Å². The molecule has 9 heteroatoms. The van der Waals surface area contributed by atoms with E-state index in [0.29, 0.717) is 17.2 Å². The van der Waals surface area contributed by atoms with Crippen LogP contribution in [0.3, 0.4) is 0 Å². The van der Waals surface area contributed by atoms with Crippen molar-refractivity contribution in [1.29, 1.82) is 0 Å². The zero-order valence-electron chi connectivity index (χ0n) is 19.6. The van der Waals surface area contributed by atoms with Crippen LogP contribution in [0.1, 0.15) is 42.8 Å². The second kappa shape index (κ2) is 9.05. The van der Waals surface area contributed by atoms with Gasteiger partial charge in [0, 0.05) is 31.1 Å². The summed E-state index contributed by atoms with van der Waals surface area (Å²) < 4.78 is 33.2. The summed E-state index contributed by atoms with van der Waals surface area (Å²) in [6.45, 7) is 6.80. The number of nitrogens with one attached hydrogen (secondary N) is 3. The fourth-order valence-electron chi connectivity index (χ4n) is 5.21. The molecule has 4 aromatic rings. The quantitative estimate of drug-likeness (QED) is 0.375. The molecule has 0 radical (unpaired) electrons. The van der Waals surface area contributed by atoms with Crippen molar-refractivity contribution in [2.45, 2.75) is 39.0 Å². The number of piperidine rings is 1. The average Bonchev–Trinajstić information content (AvgIpc) is 3.52. The predicted octanol–water partition coefficient (Wildman–Crippen LogP) is 4.69. The summed E-state index contributed by atoms with van der Waals surface area (Å²) in [5.41, 5.74) is 4.25. The first-order valence-corrected chi connectivity index (χ1v) is 12.1. The summed E-state index contributed by atoms with van der Waals surface area (Å²) >= 11 is 0. The van der Waals surface area contributed by atoms with Gasteiger partial charge in [0.2, 0.25) is 0 Å². The Labute approximate surface area is 201 Å². The van der Waals surface area contributed by atoms with Crippen LogP contribution in [0.2, 0.25) is 0 Å². The van der Waals surface area contributed by atoms with Crippen molar-refractivity contribution >= 4 is 10.9 Å². The van der Waals surface area contributed by atoms with E-state index in [9.17, 15) is 8.78 Å². The van der Waals surface area contributed by atoms with Gasteiger partial charge in [0.05, 0.1) is 16.9 Å². The molecule has 3 N–H and O–H groups in total. The zero-order chi connectivity index (χ0) is 23.9. The van der Waals surface area contributed by atoms with Gasteiger partial charge < -0.3 is 15.0 Å². The number of aromatic nitrogens is 4. The Kier molecular flexibility index (Phi) is 5.74. The number of hydrogen-bond acceptors (Lipinski definition) is 5. The summed E-state index contributed by atoms with van der Waals surface area (Å²) in [5, 5.41) is 11.9. The van der Waals surface area contributed by atoms with Gasteiger partial charge in [-0.1, -0.05) is 0 Å². The molecule has 2 aliphatic heterocycles. The number of H-pyrrole nitrogens is 2. The zero-order valence-corrected chi connectivity index (χ0v) is 19.6. The van der Waals surface area contributed by atoms with Crippen LogP contribution in [0, 0.1) is 17.6 Å². The molecule has 2 unspecified atom stereocenters. The number of fused-ring (bicyclic) bond motifs is 2. The van der Waals surface area contributed by atoms with Crippen LogP contribution in [0.5, 0.6) is 5.75 Å². The van der Waals surface area contributed by atoms with Crippen molar-refractivity contribution in [3.63, 3.8) is 0 Å². The molecule has 0 bridgehead atoms. The number of rotatable bonds is 6. The molecule has 2 atom stereocenters. The largest absolute Gasteiger partial charge is 0.486 e. The van der Waals surface area contributed by atoms with E-state index in [1.807, 2.05) is 18.2 Å². The van der Waals surface area contributed by atoms with Gasteiger partial charge in [-0.05, 0) is 74.7 Å². The Morgan fingerprint density at radius 3 is 2.77 bits per heavy atom. The molecule has 182 valence electrons. The maximum absolute atomic E-state index is 13.6. The maximum atomic E-state index is 13.6. The second-order valence-corrected chi connectivity index (χ2v) is 9.64. The molecule has 1 saturated heterocycles. The second-order valence-electron chi connectivity index (χ2n) is 9.64. The van der Waals surface area contributed by atoms with Crippen molar-refractivity contribution in [3.05, 3.63) is 65.0 Å². The number of ether oxygens (including phenoxy) is 1. The number of nitrogens with zero attached hydrogens (tertiary/aromatic N) is 3. The molecule has 0 spiro atoms. The van der Waals surface area contributed by atoms with Crippen molar-refractivity contribution in [2.75, 3.05) is 19.6 Å². The van der Waals surface area contributed by atoms with Crippen LogP contribution in [0.15, 0.2) is 36.4 Å². The SMILES string of the molecule is CC(Oc1ccc2[nH]nc(-c3nc4c([nH]3)CN(CC3CCCNC3)C4)c2c1)c1cc(F)cc(F)c1. The molecule has 6 rings (SSSR count). The Balaban J connectivity index is 1.19. The van der Waals surface area contributed by atoms with Crippen LogP contribution in [-0.2, 0) is 13.1 Å². The van der Waals surface area contributed by atoms with Gasteiger partial charge in [-0.15, -0.1) is 0 Å². The van der Waals surface area contributed by atoms with Gasteiger partial charge in [-0.3, -0.25) is 10.00 Å². The molecule has 2 aromatic carbocycles. The first-order chi connectivity index (χ1) is 17.0. The molecule has 0 aliphatic carbocycles. The van der Waals surface area contributed by atoms with Gasteiger partial charge in [0.25, 0.3) is 0 Å². The Morgan fingerprint density at radius 1 is 1.14 bits per heavy atom. The first kappa shape index (κ1) is 22.2. The van der Waals surface area contributed by atoms with E-state index in [2.05, 4.69) is 25.4 Å². The first-order valence-electron chi connectivity index (χ1n) is 12.1. The minimum atomic E-state index is -0.622. The van der Waals surface area contributed by atoms with E-state index in [0.717, 1.165) is 72.6 Å². The van der Waals surface area contributed by atoms with Crippen molar-refractivity contribution in [1.82, 2.24) is 30.4 Å². The maximum Gasteiger partial charge on any atom is 0.159 e. The molecule has 0 amide bonds. The summed E-state index contributed by atoms with van der Waals surface area (Å²) in [6.07, 6.45) is 2.01. The molecule has 4 heterocycles. The topological polar surface area (TPSA) is 81.9 Å². The third-order valence-electron chi connectivity index (χ3n) is 6.96. The highest BCUT2D eigenvalue weighted by Gasteiger charge is 2.27. The number of benzene rings is 2. The van der Waals surface area contributed by atoms with E-state index < -0.39 is 17.7 Å². The van der Waals surface area contributed by atoms with Gasteiger partial charge in [0.15, 0.2) is 5.82 Å². The highest BCUT2D eigenvalue weighted by atomic mass is 19.1. The highest BCUT2D eigenvalue weighted by molar-refractivity contribution is 5.92. The molecule has 0 saturated carbocycles. The van der Waals surface area contributed by atoms with Gasteiger partial charge >= 0.3 is 0 Å². The van der Waals surface area contributed by atoms with Crippen LogP contribution in [0.25, 0.3) is 22.4 Å². The van der Waals surface area contributed by atoms with Crippen LogP contribution in [-0.4, -0.2) is 44.7 Å². The molecule has 2 aromatic heterocycles. The molecular weight excluding hydrogens is 450 g/mol. The number of imidazole rings is 1. The van der Waals surface area contributed by atoms with Gasteiger partial charge in [0.1, 0.15) is 29.2 Å². The third-order valence-corrected chi connectivity index (χ3v) is 6.96. The number of halogens is 2. The Bertz CT molecular complexity index is 1320. The van der Waals surface area contributed by atoms with Crippen molar-refractivity contribution < 1.29 is 13.5 Å². The average molecular weight is 479 g/mol. The lowest BCUT2D eigenvalue weighted by Crippen LogP contribution is -2.36. The monoisotopic (exact) mass is 478 g/mol. The third kappa shape index (κ3) is 4.53. The summed E-state index contributed by atoms with van der Waals surface area (Å²) in [5.74, 6) is 0.777. The smallest absolute Gasteiger partial charge is 0.159 e. The van der Waals surface area contributed by atoms with Crippen LogP contribution in [0.4, 0.5) is 8.78 Å².